The maximum atomic E-state index is 12.5. The molecule has 0 spiro atoms. The van der Waals surface area contributed by atoms with Crippen LogP contribution in [0, 0.1) is 0 Å². The van der Waals surface area contributed by atoms with Crippen molar-refractivity contribution in [1.82, 2.24) is 9.44 Å². The van der Waals surface area contributed by atoms with Crippen molar-refractivity contribution in [3.8, 4) is 0 Å². The smallest absolute Gasteiger partial charge is 0.208 e. The first-order valence-corrected chi connectivity index (χ1v) is 12.4. The monoisotopic (exact) mass is 462 g/mol. The molecule has 1 saturated carbocycles. The van der Waals surface area contributed by atoms with E-state index in [-0.39, 0.29) is 21.9 Å². The molecule has 2 aromatic rings. The van der Waals surface area contributed by atoms with Crippen LogP contribution in [0.15, 0.2) is 58.3 Å². The topological polar surface area (TPSA) is 92.3 Å². The minimum absolute atomic E-state index is 0.115. The fraction of sp³-hybridized carbons (Fsp3) is 0.333. The highest BCUT2D eigenvalue weighted by Crippen LogP contribution is 2.24. The summed E-state index contributed by atoms with van der Waals surface area (Å²) in [6.45, 7) is 0. The van der Waals surface area contributed by atoms with Crippen LogP contribution in [0.4, 0.5) is 0 Å². The Morgan fingerprint density at radius 1 is 0.679 bits per heavy atom. The van der Waals surface area contributed by atoms with Gasteiger partial charge in [0.25, 0.3) is 0 Å². The van der Waals surface area contributed by atoms with E-state index in [9.17, 15) is 16.8 Å². The summed E-state index contributed by atoms with van der Waals surface area (Å²) >= 11 is 11.7. The second-order valence-corrected chi connectivity index (χ2v) is 11.0. The number of nitrogens with one attached hydrogen (secondary N) is 2. The summed E-state index contributed by atoms with van der Waals surface area (Å²) < 4.78 is 55.3. The van der Waals surface area contributed by atoms with Crippen molar-refractivity contribution in [2.24, 2.45) is 0 Å². The van der Waals surface area contributed by atoms with Crippen LogP contribution in [0.1, 0.15) is 25.7 Å². The van der Waals surface area contributed by atoms with Gasteiger partial charge in [-0.2, -0.15) is 0 Å². The Balaban J connectivity index is 1.59. The highest BCUT2D eigenvalue weighted by Gasteiger charge is 2.28. The number of hydrogen-bond acceptors (Lipinski definition) is 4. The number of benzene rings is 2. The van der Waals surface area contributed by atoms with Crippen molar-refractivity contribution < 1.29 is 16.8 Å². The molecule has 6 nitrogen and oxygen atoms in total. The van der Waals surface area contributed by atoms with Gasteiger partial charge in [0.2, 0.25) is 20.0 Å². The van der Waals surface area contributed by atoms with Gasteiger partial charge in [-0.15, -0.1) is 0 Å². The summed E-state index contributed by atoms with van der Waals surface area (Å²) in [5, 5.41) is 0.698. The molecule has 2 aromatic carbocycles. The molecule has 0 aromatic heterocycles. The molecular formula is C18H20Cl2N2O4S2. The van der Waals surface area contributed by atoms with Gasteiger partial charge in [-0.3, -0.25) is 0 Å². The summed E-state index contributed by atoms with van der Waals surface area (Å²) in [5.74, 6) is 0. The van der Waals surface area contributed by atoms with Gasteiger partial charge in [0.1, 0.15) is 0 Å². The SMILES string of the molecule is O=S(=O)(NC1CCC(NS(=O)(=O)c2cccc(Cl)c2)CC1)c1cccc(Cl)c1. The second-order valence-electron chi connectivity index (χ2n) is 6.71. The Bertz CT molecular complexity index is 965. The summed E-state index contributed by atoms with van der Waals surface area (Å²) in [4.78, 5) is 0.229. The minimum atomic E-state index is -3.67. The molecule has 0 radical (unpaired) electrons. The Morgan fingerprint density at radius 2 is 1.04 bits per heavy atom. The zero-order chi connectivity index (χ0) is 20.4. The van der Waals surface area contributed by atoms with E-state index in [2.05, 4.69) is 9.44 Å². The predicted molar refractivity (Wildman–Crippen MR) is 110 cm³/mol. The molecule has 1 aliphatic rings. The van der Waals surface area contributed by atoms with Crippen molar-refractivity contribution in [2.75, 3.05) is 0 Å². The van der Waals surface area contributed by atoms with Crippen molar-refractivity contribution >= 4 is 43.2 Å². The molecule has 0 unspecified atom stereocenters. The van der Waals surface area contributed by atoms with Crippen LogP contribution >= 0.6 is 23.2 Å². The van der Waals surface area contributed by atoms with E-state index < -0.39 is 20.0 Å². The fourth-order valence-corrected chi connectivity index (χ4v) is 6.38. The third kappa shape index (κ3) is 5.46. The van der Waals surface area contributed by atoms with Crippen LogP contribution in [-0.4, -0.2) is 28.9 Å². The maximum absolute atomic E-state index is 12.5. The Morgan fingerprint density at radius 3 is 1.36 bits per heavy atom. The Labute approximate surface area is 175 Å². The lowest BCUT2D eigenvalue weighted by Crippen LogP contribution is -2.43. The molecule has 0 heterocycles. The van der Waals surface area contributed by atoms with Gasteiger partial charge in [0, 0.05) is 22.1 Å². The van der Waals surface area contributed by atoms with Gasteiger partial charge >= 0.3 is 0 Å². The number of rotatable bonds is 6. The predicted octanol–water partition coefficient (Wildman–Crippen LogP) is 3.56. The van der Waals surface area contributed by atoms with E-state index >= 15 is 0 Å². The zero-order valence-electron chi connectivity index (χ0n) is 14.8. The highest BCUT2D eigenvalue weighted by atomic mass is 35.5. The molecular weight excluding hydrogens is 443 g/mol. The average molecular weight is 463 g/mol. The fourth-order valence-electron chi connectivity index (χ4n) is 3.17. The molecule has 0 amide bonds. The van der Waals surface area contributed by atoms with Gasteiger partial charge in [0.15, 0.2) is 0 Å². The third-order valence-corrected chi connectivity index (χ3v) is 8.09. The maximum Gasteiger partial charge on any atom is 0.240 e. The van der Waals surface area contributed by atoms with Gasteiger partial charge in [-0.1, -0.05) is 35.3 Å². The van der Waals surface area contributed by atoms with Gasteiger partial charge in [-0.05, 0) is 62.1 Å². The largest absolute Gasteiger partial charge is 0.240 e. The molecule has 0 bridgehead atoms. The first kappa shape index (κ1) is 21.5. The molecule has 1 aliphatic carbocycles. The van der Waals surface area contributed by atoms with Crippen molar-refractivity contribution in [2.45, 2.75) is 47.6 Å². The molecule has 152 valence electrons. The summed E-state index contributed by atoms with van der Waals surface area (Å²) in [6.07, 6.45) is 2.12. The van der Waals surface area contributed by atoms with Crippen LogP contribution < -0.4 is 9.44 Å². The first-order chi connectivity index (χ1) is 13.2. The molecule has 2 N–H and O–H groups in total. The number of halogens is 2. The molecule has 0 saturated heterocycles. The van der Waals surface area contributed by atoms with Crippen LogP contribution in [0.5, 0.6) is 0 Å². The van der Waals surface area contributed by atoms with E-state index in [1.807, 2.05) is 0 Å². The quantitative estimate of drug-likeness (QED) is 0.685. The Kier molecular flexibility index (Phi) is 6.69. The second kappa shape index (κ2) is 8.69. The summed E-state index contributed by atoms with van der Waals surface area (Å²) in [6, 6.07) is 11.6. The van der Waals surface area contributed by atoms with Gasteiger partial charge in [-0.25, -0.2) is 26.3 Å². The van der Waals surface area contributed by atoms with Crippen molar-refractivity contribution in [3.63, 3.8) is 0 Å². The first-order valence-electron chi connectivity index (χ1n) is 8.71. The average Bonchev–Trinajstić information content (AvgIpc) is 2.63. The number of sulfonamides is 2. The lowest BCUT2D eigenvalue weighted by molar-refractivity contribution is 0.356. The summed E-state index contributed by atoms with van der Waals surface area (Å²) in [7, 11) is -7.34. The standard InChI is InChI=1S/C18H20Cl2N2O4S2/c19-13-3-1-5-17(11-13)27(23,24)21-15-7-9-16(10-8-15)22-28(25,26)18-6-2-4-14(20)12-18/h1-6,11-12,15-16,21-22H,7-10H2. The molecule has 3 rings (SSSR count). The Hall–Kier alpha value is -1.16. The summed E-state index contributed by atoms with van der Waals surface area (Å²) in [5.41, 5.74) is 0. The zero-order valence-corrected chi connectivity index (χ0v) is 18.0. The van der Waals surface area contributed by atoms with Crippen molar-refractivity contribution in [1.29, 1.82) is 0 Å². The third-order valence-electron chi connectivity index (χ3n) is 4.58. The van der Waals surface area contributed by atoms with Crippen molar-refractivity contribution in [3.05, 3.63) is 58.6 Å². The highest BCUT2D eigenvalue weighted by molar-refractivity contribution is 7.89. The van der Waals surface area contributed by atoms with E-state index in [4.69, 9.17) is 23.2 Å². The minimum Gasteiger partial charge on any atom is -0.208 e. The van der Waals surface area contributed by atoms with Gasteiger partial charge in [0.05, 0.1) is 9.79 Å². The lowest BCUT2D eigenvalue weighted by Gasteiger charge is -2.29. The van der Waals surface area contributed by atoms with E-state index in [1.54, 1.807) is 24.3 Å². The van der Waals surface area contributed by atoms with Crippen LogP contribution in [0.2, 0.25) is 10.0 Å². The molecule has 0 aliphatic heterocycles. The van der Waals surface area contributed by atoms with Crippen LogP contribution in [0.25, 0.3) is 0 Å². The molecule has 28 heavy (non-hydrogen) atoms. The molecule has 1 fully saturated rings. The van der Waals surface area contributed by atoms with Gasteiger partial charge < -0.3 is 0 Å². The lowest BCUT2D eigenvalue weighted by atomic mass is 9.92. The van der Waals surface area contributed by atoms with E-state index in [0.29, 0.717) is 35.7 Å². The molecule has 0 atom stereocenters. The normalized spacial score (nSPS) is 20.8. The van der Waals surface area contributed by atoms with Crippen LogP contribution in [-0.2, 0) is 20.0 Å². The van der Waals surface area contributed by atoms with E-state index in [1.165, 1.54) is 24.3 Å². The van der Waals surface area contributed by atoms with Crippen LogP contribution in [0.3, 0.4) is 0 Å². The number of hydrogen-bond donors (Lipinski definition) is 2. The van der Waals surface area contributed by atoms with E-state index in [0.717, 1.165) is 0 Å². The molecule has 10 heteroatoms.